The second-order valence-electron chi connectivity index (χ2n) is 14.4. The summed E-state index contributed by atoms with van der Waals surface area (Å²) in [4.78, 5) is 90.7. The summed E-state index contributed by atoms with van der Waals surface area (Å²) in [6, 6.07) is 3.88. The molecule has 1 fully saturated rings. The molecule has 3 aliphatic heterocycles. The highest BCUT2D eigenvalue weighted by molar-refractivity contribution is 7.80. The normalized spacial score (nSPS) is 25.5. The molecule has 0 bridgehead atoms. The molecule has 3 heterocycles. The number of aliphatic hydroxyl groups is 3. The molecule has 1 aromatic carbocycles. The fourth-order valence-electron chi connectivity index (χ4n) is 5.94. The van der Waals surface area contributed by atoms with Gasteiger partial charge in [-0.15, -0.1) is 0 Å². The number of hydrogen-bond donors (Lipinski definition) is 12. The third-order valence-corrected chi connectivity index (χ3v) is 12.5. The minimum atomic E-state index is -5.66. The van der Waals surface area contributed by atoms with E-state index in [1.54, 1.807) is 0 Å². The molecule has 3 aliphatic rings. The highest BCUT2D eigenvalue weighted by atomic mass is 32.1. The Kier molecular flexibility index (Phi) is 17.2. The van der Waals surface area contributed by atoms with Gasteiger partial charge >= 0.3 is 23.5 Å². The molecule has 9 atom stereocenters. The first-order valence-corrected chi connectivity index (χ1v) is 23.3. The quantitative estimate of drug-likeness (QED) is 0.0415. The fourth-order valence-corrected chi connectivity index (χ4v) is 8.89. The number of nitrogens with zero attached hydrogens (tertiary/aromatic N) is 4. The highest BCUT2D eigenvalue weighted by Crippen LogP contribution is 2.61. The van der Waals surface area contributed by atoms with Gasteiger partial charge in [-0.1, -0.05) is 19.9 Å². The van der Waals surface area contributed by atoms with Crippen LogP contribution in [-0.2, 0) is 50.7 Å². The monoisotopic (exact) mass is 963 g/mol. The molecule has 0 aliphatic carbocycles. The van der Waals surface area contributed by atoms with E-state index in [1.165, 1.54) is 39.2 Å². The number of phosphoric acid groups is 3. The van der Waals surface area contributed by atoms with Gasteiger partial charge in [0.2, 0.25) is 17.5 Å². The molecule has 0 radical (unpaired) electrons. The van der Waals surface area contributed by atoms with Crippen LogP contribution in [0.25, 0.3) is 0 Å². The number of ketones is 1. The van der Waals surface area contributed by atoms with E-state index < -0.39 is 115 Å². The van der Waals surface area contributed by atoms with Crippen LogP contribution in [0, 0.1) is 5.41 Å². The summed E-state index contributed by atoms with van der Waals surface area (Å²) in [6.07, 6.45) is -10.8. The largest absolute Gasteiger partial charge is 0.504 e. The van der Waals surface area contributed by atoms with E-state index in [1.807, 2.05) is 0 Å². The third kappa shape index (κ3) is 13.2. The first-order valence-electron chi connectivity index (χ1n) is 18.1. The Morgan fingerprint density at radius 3 is 2.42 bits per heavy atom. The van der Waals surface area contributed by atoms with Crippen LogP contribution in [0.2, 0.25) is 0 Å². The number of phenols is 1. The van der Waals surface area contributed by atoms with Crippen LogP contribution in [0.4, 0.5) is 0 Å². The van der Waals surface area contributed by atoms with Gasteiger partial charge in [-0.05, 0) is 17.7 Å². The van der Waals surface area contributed by atoms with Crippen LogP contribution in [0.3, 0.4) is 0 Å². The number of methoxy groups -OCH3 is 1. The first-order chi connectivity index (χ1) is 28.7. The fraction of sp³-hybridized carbons (Fsp3) is 0.613. The molecule has 1 aromatic rings. The number of aliphatic imine (C=N–C) groups is 3. The highest BCUT2D eigenvalue weighted by Gasteiger charge is 2.55. The molecule has 4 unspecified atom stereocenters. The van der Waals surface area contributed by atoms with Gasteiger partial charge in [0.25, 0.3) is 0 Å². The molecular weight excluding hydrogens is 915 g/mol. The lowest BCUT2D eigenvalue weighted by Crippen LogP contribution is -2.59. The summed E-state index contributed by atoms with van der Waals surface area (Å²) in [6.45, 7) is -0.00160. The topological polar surface area (TPSA) is 410 Å². The summed E-state index contributed by atoms with van der Waals surface area (Å²) in [5.74, 6) is -2.27. The Balaban J connectivity index is 1.39. The number of rotatable bonds is 23. The van der Waals surface area contributed by atoms with Crippen LogP contribution in [0.1, 0.15) is 38.4 Å². The van der Waals surface area contributed by atoms with Crippen LogP contribution in [-0.4, -0.2) is 163 Å². The predicted octanol–water partition coefficient (Wildman–Crippen LogP) is -2.04. The summed E-state index contributed by atoms with van der Waals surface area (Å²) >= 11 is 3.96. The number of carbonyl (C=O) groups is 3. The summed E-state index contributed by atoms with van der Waals surface area (Å²) in [5, 5.41) is 47.2. The molecule has 0 saturated carbocycles. The number of benzene rings is 1. The Morgan fingerprint density at radius 1 is 1.10 bits per heavy atom. The molecule has 0 spiro atoms. The van der Waals surface area contributed by atoms with Crippen molar-refractivity contribution in [3.05, 3.63) is 23.8 Å². The average Bonchev–Trinajstić information content (AvgIpc) is 3.75. The second-order valence-corrected chi connectivity index (χ2v) is 19.0. The van der Waals surface area contributed by atoms with Gasteiger partial charge in [-0.2, -0.15) is 16.9 Å². The predicted molar refractivity (Wildman–Crippen MR) is 215 cm³/mol. The minimum absolute atomic E-state index is 0.0203. The molecule has 348 valence electrons. The number of Topliss-reactive ketones (excluding diaryl/α,β-unsaturated/α-hetero) is 1. The number of fused-ring (bicyclic) bond motifs is 1. The Bertz CT molecular complexity index is 2070. The number of hydrogen-bond acceptors (Lipinski definition) is 22. The maximum Gasteiger partial charge on any atom is 0.481 e. The Labute approximate surface area is 358 Å². The smallest absolute Gasteiger partial charge is 0.481 e. The number of ether oxygens (including phenoxy) is 2. The van der Waals surface area contributed by atoms with E-state index >= 15 is 0 Å². The van der Waals surface area contributed by atoms with E-state index in [9.17, 15) is 68.1 Å². The van der Waals surface area contributed by atoms with Crippen molar-refractivity contribution in [1.82, 2.24) is 15.5 Å². The number of carbonyl (C=O) groups excluding carboxylic acids is 3. The average molecular weight is 964 g/mol. The van der Waals surface area contributed by atoms with Gasteiger partial charge in [-0.25, -0.2) is 23.7 Å². The van der Waals surface area contributed by atoms with Gasteiger partial charge < -0.3 is 65.0 Å². The van der Waals surface area contributed by atoms with Crippen molar-refractivity contribution in [2.75, 3.05) is 45.8 Å². The minimum Gasteiger partial charge on any atom is -0.504 e. The van der Waals surface area contributed by atoms with E-state index in [-0.39, 0.29) is 41.6 Å². The van der Waals surface area contributed by atoms with E-state index in [4.69, 9.17) is 28.8 Å². The van der Waals surface area contributed by atoms with E-state index in [0.717, 1.165) is 11.2 Å². The number of nitrogens with two attached hydrogens (primary N) is 1. The van der Waals surface area contributed by atoms with E-state index in [0.29, 0.717) is 12.3 Å². The number of nitrogens with one attached hydrogen (secondary N) is 2. The lowest BCUT2D eigenvalue weighted by molar-refractivity contribution is -0.137. The Morgan fingerprint density at radius 2 is 1.77 bits per heavy atom. The van der Waals surface area contributed by atoms with Crippen molar-refractivity contribution in [1.29, 1.82) is 0 Å². The molecule has 2 amide bonds. The van der Waals surface area contributed by atoms with Crippen molar-refractivity contribution in [2.24, 2.45) is 26.1 Å². The zero-order valence-electron chi connectivity index (χ0n) is 33.1. The van der Waals surface area contributed by atoms with Crippen LogP contribution >= 0.6 is 36.1 Å². The van der Waals surface area contributed by atoms with Crippen molar-refractivity contribution in [2.45, 2.75) is 69.1 Å². The molecule has 0 aromatic heterocycles. The van der Waals surface area contributed by atoms with Crippen LogP contribution in [0.15, 0.2) is 33.2 Å². The van der Waals surface area contributed by atoms with Crippen molar-refractivity contribution < 1.29 is 95.4 Å². The molecule has 62 heavy (non-hydrogen) atoms. The number of amidine groups is 1. The van der Waals surface area contributed by atoms with Crippen LogP contribution in [0.5, 0.6) is 11.5 Å². The molecule has 1 saturated heterocycles. The van der Waals surface area contributed by atoms with E-state index in [2.05, 4.69) is 42.6 Å². The van der Waals surface area contributed by atoms with Crippen molar-refractivity contribution in [3.8, 4) is 11.5 Å². The van der Waals surface area contributed by atoms with Crippen molar-refractivity contribution >= 4 is 71.6 Å². The standard InChI is InChI=1S/C31H48N7O20P3S/c1-30(2,26(44)28(45)34-7-6-22(42)33-8-9-62)13-55-61(51,52)58-60(49,50)54-12-20-24(57-59(46,47)48)23(43)29(56-20)38-15-36-25-27(38)35-14-37-31(25,32)21(41)11-18(40)16-4-5-17(39)19(10-16)53-3/h4-5,10,14,18,20,23-24,26,29,39-40,43-44,62H,6-9,11-13,15,32H2,1-3H3,(H,33,42)(H,34,45)(H,49,50)(H,51,52)(H2,46,47,48)/t18?,20-,23-,24-,26+,29-,31?/m1/s1. The van der Waals surface area contributed by atoms with Gasteiger partial charge in [0.15, 0.2) is 29.3 Å². The van der Waals surface area contributed by atoms with Gasteiger partial charge in [0.1, 0.15) is 43.1 Å². The SMILES string of the molecule is COc1cc(C(O)CC(=O)C2(N)N=CN=C3C2=NCN3[C@@H]2O[C@H](COP(=O)(O)OP(=O)(O)OCC(C)(C)[C@@H](O)C(=O)NCCC(=O)NCCS)[C@@H](OP(=O)(O)O)[C@H]2O)ccc1O. The number of thiol groups is 1. The van der Waals surface area contributed by atoms with Gasteiger partial charge in [0, 0.05) is 37.1 Å². The lowest BCUT2D eigenvalue weighted by atomic mass is 9.87. The molecule has 27 nitrogen and oxygen atoms in total. The maximum absolute atomic E-state index is 13.5. The molecule has 31 heteroatoms. The summed E-state index contributed by atoms with van der Waals surface area (Å²) < 4.78 is 66.7. The summed E-state index contributed by atoms with van der Waals surface area (Å²) in [5.41, 5.74) is 2.43. The van der Waals surface area contributed by atoms with Crippen LogP contribution < -0.4 is 21.1 Å². The number of phosphoric ester groups is 3. The molecule has 12 N–H and O–H groups in total. The zero-order chi connectivity index (χ0) is 46.4. The van der Waals surface area contributed by atoms with Crippen molar-refractivity contribution in [3.63, 3.8) is 0 Å². The van der Waals surface area contributed by atoms with Gasteiger partial charge in [-0.3, -0.25) is 38.7 Å². The molecule has 4 rings (SSSR count). The maximum atomic E-state index is 13.5. The number of amides is 2. The lowest BCUT2D eigenvalue weighted by Gasteiger charge is -2.32. The zero-order valence-corrected chi connectivity index (χ0v) is 36.6. The number of aliphatic hydroxyl groups excluding tert-OH is 3. The summed E-state index contributed by atoms with van der Waals surface area (Å²) in [7, 11) is -15.4. The number of aromatic hydroxyl groups is 1. The van der Waals surface area contributed by atoms with Gasteiger partial charge in [0.05, 0.1) is 26.4 Å². The second kappa shape index (κ2) is 20.7. The first kappa shape index (κ1) is 51.4. The Hall–Kier alpha value is -3.24. The third-order valence-electron chi connectivity index (χ3n) is 9.22. The number of phenolic OH excluding ortho intramolecular Hbond substituents is 1. The molecular formula is C31H48N7O20P3S.